The fraction of sp³-hybridized carbons (Fsp3) is 0.300. The van der Waals surface area contributed by atoms with Gasteiger partial charge in [-0.2, -0.15) is 0 Å². The van der Waals surface area contributed by atoms with E-state index in [1.165, 1.54) is 46.4 Å². The molecule has 1 aromatic heterocycles. The van der Waals surface area contributed by atoms with Crippen molar-refractivity contribution in [2.45, 2.75) is 12.5 Å². The van der Waals surface area contributed by atoms with Crippen LogP contribution in [0.25, 0.3) is 0 Å². The lowest BCUT2D eigenvalue weighted by Crippen LogP contribution is -3.05. The van der Waals surface area contributed by atoms with Crippen molar-refractivity contribution >= 4 is 17.4 Å². The molecule has 1 aromatic carbocycles. The number of benzene rings is 1. The second-order valence-electron chi connectivity index (χ2n) is 7.13. The molecule has 0 saturated carbocycles. The van der Waals surface area contributed by atoms with Crippen LogP contribution in [0.3, 0.4) is 0 Å². The molecule has 1 aliphatic rings. The molecule has 0 fully saturated rings. The van der Waals surface area contributed by atoms with Crippen LogP contribution in [0.2, 0.25) is 0 Å². The largest absolute Gasteiger partial charge is 0.503 e. The van der Waals surface area contributed by atoms with Gasteiger partial charge in [0.15, 0.2) is 11.5 Å². The van der Waals surface area contributed by atoms with Crippen molar-refractivity contribution in [1.82, 2.24) is 4.90 Å². The van der Waals surface area contributed by atoms with Gasteiger partial charge in [-0.15, -0.1) is 0 Å². The molecule has 0 saturated heterocycles. The van der Waals surface area contributed by atoms with E-state index in [1.807, 2.05) is 14.1 Å². The highest BCUT2D eigenvalue weighted by Crippen LogP contribution is 2.39. The lowest BCUT2D eigenvalue weighted by molar-refractivity contribution is -0.858. The Labute approximate surface area is 167 Å². The van der Waals surface area contributed by atoms with Gasteiger partial charge in [-0.3, -0.25) is 19.7 Å². The minimum atomic E-state index is -0.933. The number of carbonyl (C=O) groups excluding carboxylic acids is 2. The predicted molar refractivity (Wildman–Crippen MR) is 103 cm³/mol. The van der Waals surface area contributed by atoms with Crippen molar-refractivity contribution in [3.63, 3.8) is 0 Å². The molecule has 1 atom stereocenters. The van der Waals surface area contributed by atoms with Crippen molar-refractivity contribution < 1.29 is 28.9 Å². The van der Waals surface area contributed by atoms with Gasteiger partial charge in [-0.25, -0.2) is 0 Å². The van der Waals surface area contributed by atoms with Crippen molar-refractivity contribution in [2.24, 2.45) is 0 Å². The summed E-state index contributed by atoms with van der Waals surface area (Å²) >= 11 is 0. The van der Waals surface area contributed by atoms with Gasteiger partial charge in [-0.1, -0.05) is 12.1 Å². The Morgan fingerprint density at radius 3 is 2.69 bits per heavy atom. The van der Waals surface area contributed by atoms with Gasteiger partial charge in [0.1, 0.15) is 0 Å². The van der Waals surface area contributed by atoms with Gasteiger partial charge in [-0.05, 0) is 17.7 Å². The number of aliphatic hydroxyl groups excluding tert-OH is 1. The molecule has 152 valence electrons. The van der Waals surface area contributed by atoms with E-state index in [2.05, 4.69) is 0 Å². The zero-order valence-corrected chi connectivity index (χ0v) is 16.1. The Morgan fingerprint density at radius 2 is 2.07 bits per heavy atom. The monoisotopic (exact) mass is 400 g/mol. The quantitative estimate of drug-likeness (QED) is 0.392. The molecule has 2 N–H and O–H groups in total. The van der Waals surface area contributed by atoms with Crippen molar-refractivity contribution in [3.05, 3.63) is 75.4 Å². The first kappa shape index (κ1) is 20.3. The maximum atomic E-state index is 13.0. The van der Waals surface area contributed by atoms with Crippen LogP contribution in [-0.2, 0) is 4.79 Å². The van der Waals surface area contributed by atoms with E-state index in [9.17, 15) is 24.8 Å². The minimum Gasteiger partial charge on any atom is -0.503 e. The predicted octanol–water partition coefficient (Wildman–Crippen LogP) is 1.30. The lowest BCUT2D eigenvalue weighted by atomic mass is 9.94. The van der Waals surface area contributed by atoms with Crippen LogP contribution in [0, 0.1) is 10.1 Å². The second-order valence-corrected chi connectivity index (χ2v) is 7.13. The first-order chi connectivity index (χ1) is 13.8. The first-order valence-corrected chi connectivity index (χ1v) is 9.17. The molecule has 2 heterocycles. The summed E-state index contributed by atoms with van der Waals surface area (Å²) in [5.74, 6) is -1.97. The zero-order valence-electron chi connectivity index (χ0n) is 16.1. The smallest absolute Gasteiger partial charge is 0.290 e. The van der Waals surface area contributed by atoms with E-state index in [-0.39, 0.29) is 23.6 Å². The van der Waals surface area contributed by atoms with Crippen LogP contribution < -0.4 is 4.90 Å². The minimum absolute atomic E-state index is 0.0191. The second kappa shape index (κ2) is 8.27. The highest BCUT2D eigenvalue weighted by atomic mass is 16.6. The number of nitro benzene ring substituents is 1. The van der Waals surface area contributed by atoms with Gasteiger partial charge in [0.25, 0.3) is 11.6 Å². The summed E-state index contributed by atoms with van der Waals surface area (Å²) in [4.78, 5) is 39.0. The summed E-state index contributed by atoms with van der Waals surface area (Å²) in [5, 5.41) is 21.7. The average Bonchev–Trinajstić information content (AvgIpc) is 3.30. The van der Waals surface area contributed by atoms with Gasteiger partial charge in [0, 0.05) is 25.1 Å². The molecule has 9 nitrogen and oxygen atoms in total. The lowest BCUT2D eigenvalue weighted by Gasteiger charge is -2.26. The molecule has 0 unspecified atom stereocenters. The standard InChI is InChI=1S/C20H21N3O6/c1-21(2)9-5-10-22-17(13-6-3-7-14(12-13)23(27)28)16(19(25)20(22)26)18(24)15-8-4-11-29-15/h3-4,6-8,11-12,17,25H,5,9-10H2,1-2H3/p+1/t17-/m1/s1. The summed E-state index contributed by atoms with van der Waals surface area (Å²) < 4.78 is 5.15. The molecule has 9 heteroatoms. The summed E-state index contributed by atoms with van der Waals surface area (Å²) in [6, 6.07) is 7.77. The number of ketones is 1. The summed E-state index contributed by atoms with van der Waals surface area (Å²) in [7, 11) is 3.96. The van der Waals surface area contributed by atoms with Crippen LogP contribution in [-0.4, -0.2) is 53.8 Å². The highest BCUT2D eigenvalue weighted by molar-refractivity contribution is 6.15. The number of nitrogens with zero attached hydrogens (tertiary/aromatic N) is 2. The number of hydrogen-bond acceptors (Lipinski definition) is 6. The fourth-order valence-corrected chi connectivity index (χ4v) is 3.41. The Bertz CT molecular complexity index is 964. The van der Waals surface area contributed by atoms with Crippen LogP contribution in [0.1, 0.15) is 28.6 Å². The van der Waals surface area contributed by atoms with Gasteiger partial charge in [0.2, 0.25) is 5.78 Å². The van der Waals surface area contributed by atoms with E-state index < -0.39 is 28.4 Å². The summed E-state index contributed by atoms with van der Waals surface area (Å²) in [6.07, 6.45) is 1.95. The maximum absolute atomic E-state index is 13.0. The van der Waals surface area contributed by atoms with E-state index in [0.717, 1.165) is 6.54 Å². The molecular weight excluding hydrogens is 378 g/mol. The number of furan rings is 1. The van der Waals surface area contributed by atoms with Crippen LogP contribution in [0.5, 0.6) is 0 Å². The molecule has 0 aliphatic carbocycles. The zero-order chi connectivity index (χ0) is 21.1. The van der Waals surface area contributed by atoms with E-state index in [0.29, 0.717) is 12.0 Å². The summed E-state index contributed by atoms with van der Waals surface area (Å²) in [5.41, 5.74) is 0.0789. The molecule has 29 heavy (non-hydrogen) atoms. The van der Waals surface area contributed by atoms with Crippen molar-refractivity contribution in [2.75, 3.05) is 27.2 Å². The number of Topliss-reactive ketones (excluding diaryl/α,β-unsaturated/α-hetero) is 1. The average molecular weight is 400 g/mol. The maximum Gasteiger partial charge on any atom is 0.290 e. The number of hydrogen-bond donors (Lipinski definition) is 2. The number of quaternary nitrogens is 1. The Morgan fingerprint density at radius 1 is 1.31 bits per heavy atom. The third-order valence-electron chi connectivity index (χ3n) is 4.77. The van der Waals surface area contributed by atoms with Gasteiger partial charge in [0.05, 0.1) is 43.4 Å². The number of carbonyl (C=O) groups is 2. The summed E-state index contributed by atoms with van der Waals surface area (Å²) in [6.45, 7) is 1.06. The Hall–Kier alpha value is -3.46. The number of non-ortho nitro benzene ring substituents is 1. The van der Waals surface area contributed by atoms with E-state index in [4.69, 9.17) is 4.42 Å². The fourth-order valence-electron chi connectivity index (χ4n) is 3.41. The Balaban J connectivity index is 2.04. The van der Waals surface area contributed by atoms with Gasteiger partial charge < -0.3 is 19.3 Å². The first-order valence-electron chi connectivity index (χ1n) is 9.17. The van der Waals surface area contributed by atoms with Crippen molar-refractivity contribution in [1.29, 1.82) is 0 Å². The molecule has 0 radical (unpaired) electrons. The number of aliphatic hydroxyl groups is 1. The molecular formula is C20H22N3O6+. The highest BCUT2D eigenvalue weighted by Gasteiger charge is 2.44. The number of nitro groups is 1. The Kier molecular flexibility index (Phi) is 5.79. The third-order valence-corrected chi connectivity index (χ3v) is 4.77. The van der Waals surface area contributed by atoms with Crippen LogP contribution in [0.15, 0.2) is 58.4 Å². The molecule has 2 aromatic rings. The number of rotatable bonds is 8. The molecule has 1 aliphatic heterocycles. The normalized spacial score (nSPS) is 16.7. The van der Waals surface area contributed by atoms with Crippen LogP contribution in [0.4, 0.5) is 5.69 Å². The number of nitrogens with one attached hydrogen (secondary N) is 1. The molecule has 0 bridgehead atoms. The molecule has 1 amide bonds. The van der Waals surface area contributed by atoms with Gasteiger partial charge >= 0.3 is 0 Å². The number of amides is 1. The topological polar surface area (TPSA) is 118 Å². The molecule has 0 spiro atoms. The van der Waals surface area contributed by atoms with E-state index >= 15 is 0 Å². The van der Waals surface area contributed by atoms with Crippen molar-refractivity contribution in [3.8, 4) is 0 Å². The molecule has 3 rings (SSSR count). The van der Waals surface area contributed by atoms with Crippen LogP contribution >= 0.6 is 0 Å². The van der Waals surface area contributed by atoms with E-state index in [1.54, 1.807) is 6.07 Å². The SMILES string of the molecule is C[NH+](C)CCCN1C(=O)C(O)=C(C(=O)c2ccco2)[C@H]1c1cccc([N+](=O)[O-])c1. The third kappa shape index (κ3) is 4.04.